The van der Waals surface area contributed by atoms with Crippen LogP contribution in [0.2, 0.25) is 5.15 Å². The Labute approximate surface area is 135 Å². The van der Waals surface area contributed by atoms with Gasteiger partial charge in [0.25, 0.3) is 0 Å². The summed E-state index contributed by atoms with van der Waals surface area (Å²) in [5, 5.41) is 12.4. The van der Waals surface area contributed by atoms with Crippen molar-refractivity contribution in [3.05, 3.63) is 50.6 Å². The number of nitrogens with zero attached hydrogens (tertiary/aromatic N) is 2. The van der Waals surface area contributed by atoms with Crippen molar-refractivity contribution in [2.45, 2.75) is 13.0 Å². The Morgan fingerprint density at radius 3 is 3.05 bits per heavy atom. The van der Waals surface area contributed by atoms with Gasteiger partial charge in [-0.05, 0) is 29.8 Å². The Hall–Kier alpha value is -1.77. The maximum Gasteiger partial charge on any atom is 0.132 e. The van der Waals surface area contributed by atoms with Crippen molar-refractivity contribution in [2.24, 2.45) is 0 Å². The van der Waals surface area contributed by atoms with E-state index < -0.39 is 0 Å². The largest absolute Gasteiger partial charge is 0.493 e. The number of nitrogens with one attached hydrogen (secondary N) is 1. The number of benzene rings is 1. The zero-order valence-electron chi connectivity index (χ0n) is 11.0. The van der Waals surface area contributed by atoms with Gasteiger partial charge in [-0.3, -0.25) is 0 Å². The summed E-state index contributed by atoms with van der Waals surface area (Å²) in [5.41, 5.74) is 2.74. The molecule has 0 atom stereocenters. The van der Waals surface area contributed by atoms with Gasteiger partial charge in [0.1, 0.15) is 16.7 Å². The van der Waals surface area contributed by atoms with E-state index in [2.05, 4.69) is 38.4 Å². The highest BCUT2D eigenvalue weighted by Gasteiger charge is 2.17. The van der Waals surface area contributed by atoms with Crippen LogP contribution in [0.5, 0.6) is 5.75 Å². The Balaban J connectivity index is 1.83. The van der Waals surface area contributed by atoms with Crippen LogP contribution in [0.1, 0.15) is 16.7 Å². The second kappa shape index (κ2) is 5.92. The minimum atomic E-state index is 0.298. The van der Waals surface area contributed by atoms with Crippen LogP contribution in [0.3, 0.4) is 0 Å². The second-order valence-corrected chi connectivity index (χ2v) is 5.98. The van der Waals surface area contributed by atoms with Crippen molar-refractivity contribution in [1.29, 1.82) is 5.26 Å². The number of hydrogen-bond acceptors (Lipinski definition) is 4. The molecule has 0 radical (unpaired) electrons. The third kappa shape index (κ3) is 3.12. The zero-order valence-corrected chi connectivity index (χ0v) is 13.3. The first kappa shape index (κ1) is 14.2. The van der Waals surface area contributed by atoms with Crippen LogP contribution in [0.4, 0.5) is 5.82 Å². The summed E-state index contributed by atoms with van der Waals surface area (Å²) in [5.74, 6) is 1.51. The van der Waals surface area contributed by atoms with E-state index in [9.17, 15) is 0 Å². The smallest absolute Gasteiger partial charge is 0.132 e. The Morgan fingerprint density at radius 2 is 2.24 bits per heavy atom. The summed E-state index contributed by atoms with van der Waals surface area (Å²) < 4.78 is 6.71. The van der Waals surface area contributed by atoms with Gasteiger partial charge in [-0.1, -0.05) is 27.5 Å². The number of pyridine rings is 1. The van der Waals surface area contributed by atoms with Crippen LogP contribution in [-0.4, -0.2) is 11.6 Å². The third-order valence-corrected chi connectivity index (χ3v) is 3.86. The van der Waals surface area contributed by atoms with E-state index in [1.165, 1.54) is 11.6 Å². The normalized spacial score (nSPS) is 12.4. The van der Waals surface area contributed by atoms with Gasteiger partial charge < -0.3 is 10.1 Å². The topological polar surface area (TPSA) is 57.9 Å². The first-order chi connectivity index (χ1) is 10.2. The maximum atomic E-state index is 8.94. The van der Waals surface area contributed by atoms with Crippen molar-refractivity contribution >= 4 is 33.3 Å². The van der Waals surface area contributed by atoms with E-state index in [0.717, 1.165) is 22.2 Å². The molecule has 0 aliphatic carbocycles. The lowest BCUT2D eigenvalue weighted by Gasteiger charge is -2.11. The summed E-state index contributed by atoms with van der Waals surface area (Å²) in [6.07, 6.45) is 0.926. The van der Waals surface area contributed by atoms with Crippen molar-refractivity contribution in [3.63, 3.8) is 0 Å². The van der Waals surface area contributed by atoms with E-state index in [1.807, 2.05) is 6.07 Å². The molecule has 4 nitrogen and oxygen atoms in total. The molecular weight excluding hydrogens is 354 g/mol. The molecule has 1 aliphatic heterocycles. The fourth-order valence-corrected chi connectivity index (χ4v) is 3.08. The van der Waals surface area contributed by atoms with Crippen LogP contribution in [0.15, 0.2) is 28.7 Å². The lowest BCUT2D eigenvalue weighted by molar-refractivity contribution is 0.354. The summed E-state index contributed by atoms with van der Waals surface area (Å²) in [6.45, 7) is 1.27. The van der Waals surface area contributed by atoms with Gasteiger partial charge in [0, 0.05) is 23.0 Å². The predicted octanol–water partition coefficient (Wildman–Crippen LogP) is 3.92. The molecular formula is C15H11BrClN3O. The molecule has 3 rings (SSSR count). The van der Waals surface area contributed by atoms with Crippen molar-refractivity contribution in [1.82, 2.24) is 4.98 Å². The highest BCUT2D eigenvalue weighted by molar-refractivity contribution is 9.10. The van der Waals surface area contributed by atoms with E-state index in [1.54, 1.807) is 6.07 Å². The lowest BCUT2D eigenvalue weighted by Crippen LogP contribution is -2.03. The molecule has 1 aromatic heterocycles. The molecule has 2 heterocycles. The molecule has 0 bridgehead atoms. The first-order valence-electron chi connectivity index (χ1n) is 6.41. The quantitative estimate of drug-likeness (QED) is 0.839. The Morgan fingerprint density at radius 1 is 1.38 bits per heavy atom. The van der Waals surface area contributed by atoms with Gasteiger partial charge >= 0.3 is 0 Å². The van der Waals surface area contributed by atoms with Crippen LogP contribution < -0.4 is 10.1 Å². The monoisotopic (exact) mass is 363 g/mol. The molecule has 1 aliphatic rings. The summed E-state index contributed by atoms with van der Waals surface area (Å²) >= 11 is 9.41. The highest BCUT2D eigenvalue weighted by Crippen LogP contribution is 2.33. The van der Waals surface area contributed by atoms with Crippen molar-refractivity contribution in [2.75, 3.05) is 11.9 Å². The summed E-state index contributed by atoms with van der Waals surface area (Å²) in [6, 6.07) is 9.37. The highest BCUT2D eigenvalue weighted by atomic mass is 79.9. The maximum absolute atomic E-state index is 8.94. The molecule has 1 N–H and O–H groups in total. The lowest BCUT2D eigenvalue weighted by atomic mass is 10.1. The van der Waals surface area contributed by atoms with Gasteiger partial charge in [0.05, 0.1) is 18.2 Å². The van der Waals surface area contributed by atoms with Crippen molar-refractivity contribution in [3.8, 4) is 11.8 Å². The van der Waals surface area contributed by atoms with E-state index in [-0.39, 0.29) is 0 Å². The second-order valence-electron chi connectivity index (χ2n) is 4.68. The molecule has 0 amide bonds. The number of fused-ring (bicyclic) bond motifs is 1. The average Bonchev–Trinajstić information content (AvgIpc) is 2.92. The van der Waals surface area contributed by atoms with Gasteiger partial charge in [0.15, 0.2) is 0 Å². The Bertz CT molecular complexity index is 742. The van der Waals surface area contributed by atoms with E-state index in [0.29, 0.717) is 29.7 Å². The number of anilines is 1. The van der Waals surface area contributed by atoms with Gasteiger partial charge in [0.2, 0.25) is 0 Å². The molecule has 6 heteroatoms. The number of hydrogen-bond donors (Lipinski definition) is 1. The standard InChI is InChI=1S/C15H11BrClN3O/c16-12-5-10-1-2-21-15(10)11(6-12)8-19-14-4-9(7-18)3-13(17)20-14/h3-6H,1-2,8H2,(H,19,20). The summed E-state index contributed by atoms with van der Waals surface area (Å²) in [4.78, 5) is 4.16. The SMILES string of the molecule is N#Cc1cc(Cl)nc(NCc2cc(Br)cc3c2OCC3)c1. The molecule has 0 saturated carbocycles. The molecule has 0 saturated heterocycles. The number of aromatic nitrogens is 1. The average molecular weight is 365 g/mol. The van der Waals surface area contributed by atoms with Gasteiger partial charge in [-0.15, -0.1) is 0 Å². The zero-order chi connectivity index (χ0) is 14.8. The van der Waals surface area contributed by atoms with Gasteiger partial charge in [-0.2, -0.15) is 5.26 Å². The van der Waals surface area contributed by atoms with E-state index >= 15 is 0 Å². The Kier molecular flexibility index (Phi) is 4.00. The molecule has 1 aromatic carbocycles. The third-order valence-electron chi connectivity index (χ3n) is 3.21. The minimum absolute atomic E-state index is 0.298. The van der Waals surface area contributed by atoms with Crippen molar-refractivity contribution < 1.29 is 4.74 Å². The molecule has 0 fully saturated rings. The number of ether oxygens (including phenoxy) is 1. The molecule has 106 valence electrons. The van der Waals surface area contributed by atoms with Crippen LogP contribution in [0.25, 0.3) is 0 Å². The summed E-state index contributed by atoms with van der Waals surface area (Å²) in [7, 11) is 0. The molecule has 0 spiro atoms. The first-order valence-corrected chi connectivity index (χ1v) is 7.58. The molecule has 21 heavy (non-hydrogen) atoms. The fraction of sp³-hybridized carbons (Fsp3) is 0.200. The number of halogens is 2. The van der Waals surface area contributed by atoms with Gasteiger partial charge in [-0.25, -0.2) is 4.98 Å². The molecule has 0 unspecified atom stereocenters. The van der Waals surface area contributed by atoms with Crippen LogP contribution >= 0.6 is 27.5 Å². The van der Waals surface area contributed by atoms with Crippen LogP contribution in [-0.2, 0) is 13.0 Å². The van der Waals surface area contributed by atoms with E-state index in [4.69, 9.17) is 21.6 Å². The molecule has 2 aromatic rings. The number of nitriles is 1. The minimum Gasteiger partial charge on any atom is -0.493 e. The predicted molar refractivity (Wildman–Crippen MR) is 84.6 cm³/mol. The van der Waals surface area contributed by atoms with Crippen LogP contribution in [0, 0.1) is 11.3 Å². The fourth-order valence-electron chi connectivity index (χ4n) is 2.32. The number of rotatable bonds is 3.